The molecule has 0 saturated carbocycles. The molecule has 0 aromatic carbocycles. The minimum Gasteiger partial charge on any atom is -0.313 e. The Hall–Kier alpha value is -0.920. The molecule has 0 amide bonds. The lowest BCUT2D eigenvalue weighted by Gasteiger charge is -2.17. The number of hydrogen-bond donors (Lipinski definition) is 1. The lowest BCUT2D eigenvalue weighted by molar-refractivity contribution is 0.428. The summed E-state index contributed by atoms with van der Waals surface area (Å²) < 4.78 is 27.9. The maximum atomic E-state index is 12.4. The second-order valence-electron chi connectivity index (χ2n) is 6.06. The predicted molar refractivity (Wildman–Crippen MR) is 84.6 cm³/mol. The zero-order chi connectivity index (χ0) is 16.0. The quantitative estimate of drug-likeness (QED) is 0.750. The number of nitrogens with one attached hydrogen (secondary N) is 1. The van der Waals surface area contributed by atoms with Crippen molar-refractivity contribution in [2.24, 2.45) is 5.92 Å². The van der Waals surface area contributed by atoms with Crippen molar-refractivity contribution < 1.29 is 8.42 Å². The Labute approximate surface area is 128 Å². The normalized spacial score (nSPS) is 12.8. The fourth-order valence-electron chi connectivity index (χ4n) is 1.81. The fourth-order valence-corrected chi connectivity index (χ4v) is 2.95. The molecule has 0 aliphatic heterocycles. The zero-order valence-electron chi connectivity index (χ0n) is 13.7. The Bertz CT molecular complexity index is 523. The maximum Gasteiger partial charge on any atom is 0.245 e. The number of nitrogens with zero attached hydrogens (tertiary/aromatic N) is 3. The molecule has 1 aromatic heterocycles. The molecule has 0 spiro atoms. The Morgan fingerprint density at radius 3 is 2.57 bits per heavy atom. The molecule has 7 heteroatoms. The summed E-state index contributed by atoms with van der Waals surface area (Å²) in [5.41, 5.74) is 0. The summed E-state index contributed by atoms with van der Waals surface area (Å²) in [5.74, 6) is 0.479. The Balaban J connectivity index is 2.65. The number of rotatable bonds is 9. The van der Waals surface area contributed by atoms with Gasteiger partial charge in [0.25, 0.3) is 0 Å². The molecule has 1 N–H and O–H groups in total. The van der Waals surface area contributed by atoms with Gasteiger partial charge in [0.15, 0.2) is 0 Å². The molecule has 1 aromatic rings. The van der Waals surface area contributed by atoms with Crippen LogP contribution < -0.4 is 5.32 Å². The molecule has 6 nitrogen and oxygen atoms in total. The highest BCUT2D eigenvalue weighted by Gasteiger charge is 2.22. The molecule has 0 atom stereocenters. The van der Waals surface area contributed by atoms with Crippen molar-refractivity contribution >= 4 is 10.0 Å². The maximum absolute atomic E-state index is 12.4. The van der Waals surface area contributed by atoms with Crippen molar-refractivity contribution in [2.75, 3.05) is 20.1 Å². The van der Waals surface area contributed by atoms with Crippen molar-refractivity contribution in [3.05, 3.63) is 12.4 Å². The van der Waals surface area contributed by atoms with Crippen molar-refractivity contribution in [3.63, 3.8) is 0 Å². The van der Waals surface area contributed by atoms with E-state index in [1.165, 1.54) is 10.5 Å². The van der Waals surface area contributed by atoms with Gasteiger partial charge in [0.05, 0.1) is 12.7 Å². The highest BCUT2D eigenvalue weighted by molar-refractivity contribution is 7.89. The highest BCUT2D eigenvalue weighted by Crippen LogP contribution is 2.14. The van der Waals surface area contributed by atoms with Crippen molar-refractivity contribution in [3.8, 4) is 0 Å². The molecule has 21 heavy (non-hydrogen) atoms. The standard InChI is InChI=1S/C14H28N4O2S/c1-12(2)6-8-17(5)21(19,20)14-10-16-18(11-14)9-7-15-13(3)4/h10-13,15H,6-9H2,1-5H3. The second kappa shape index (κ2) is 7.91. The molecule has 122 valence electrons. The smallest absolute Gasteiger partial charge is 0.245 e. The molecule has 0 aliphatic rings. The minimum absolute atomic E-state index is 0.262. The van der Waals surface area contributed by atoms with Crippen molar-refractivity contribution in [2.45, 2.75) is 51.6 Å². The first-order valence-electron chi connectivity index (χ1n) is 7.45. The number of hydrogen-bond acceptors (Lipinski definition) is 4. The molecule has 0 bridgehead atoms. The van der Waals surface area contributed by atoms with Gasteiger partial charge in [0.1, 0.15) is 4.90 Å². The summed E-state index contributed by atoms with van der Waals surface area (Å²) in [4.78, 5) is 0.262. The SMILES string of the molecule is CC(C)CCN(C)S(=O)(=O)c1cnn(CCNC(C)C)c1. The average Bonchev–Trinajstić information content (AvgIpc) is 2.84. The number of sulfonamides is 1. The molecule has 0 saturated heterocycles. The molecule has 0 unspecified atom stereocenters. The van der Waals surface area contributed by atoms with Gasteiger partial charge in [0, 0.05) is 32.4 Å². The van der Waals surface area contributed by atoms with Gasteiger partial charge in [-0.2, -0.15) is 5.10 Å². The molecule has 1 rings (SSSR count). The lowest BCUT2D eigenvalue weighted by Crippen LogP contribution is -2.28. The van der Waals surface area contributed by atoms with Gasteiger partial charge in [-0.25, -0.2) is 12.7 Å². The lowest BCUT2D eigenvalue weighted by atomic mass is 10.1. The summed E-state index contributed by atoms with van der Waals surface area (Å²) in [6.07, 6.45) is 3.88. The minimum atomic E-state index is -3.43. The Morgan fingerprint density at radius 2 is 2.00 bits per heavy atom. The van der Waals surface area contributed by atoms with Gasteiger partial charge in [-0.3, -0.25) is 4.68 Å². The average molecular weight is 316 g/mol. The van der Waals surface area contributed by atoms with E-state index in [1.54, 1.807) is 17.9 Å². The largest absolute Gasteiger partial charge is 0.313 e. The van der Waals surface area contributed by atoms with Crippen LogP contribution in [-0.2, 0) is 16.6 Å². The van der Waals surface area contributed by atoms with Crippen molar-refractivity contribution in [1.82, 2.24) is 19.4 Å². The van der Waals surface area contributed by atoms with E-state index in [2.05, 4.69) is 38.1 Å². The van der Waals surface area contributed by atoms with Crippen LogP contribution in [0.3, 0.4) is 0 Å². The molecular weight excluding hydrogens is 288 g/mol. The van der Waals surface area contributed by atoms with E-state index in [4.69, 9.17) is 0 Å². The summed E-state index contributed by atoms with van der Waals surface area (Å²) >= 11 is 0. The van der Waals surface area contributed by atoms with Gasteiger partial charge in [0.2, 0.25) is 10.0 Å². The van der Waals surface area contributed by atoms with E-state index in [-0.39, 0.29) is 4.90 Å². The van der Waals surface area contributed by atoms with Crippen LogP contribution >= 0.6 is 0 Å². The second-order valence-corrected chi connectivity index (χ2v) is 8.10. The topological polar surface area (TPSA) is 67.2 Å². The van der Waals surface area contributed by atoms with Crippen LogP contribution in [0.2, 0.25) is 0 Å². The van der Waals surface area contributed by atoms with Crippen molar-refractivity contribution in [1.29, 1.82) is 0 Å². The van der Waals surface area contributed by atoms with Gasteiger partial charge in [-0.15, -0.1) is 0 Å². The van der Waals surface area contributed by atoms with Crippen LogP contribution in [0.5, 0.6) is 0 Å². The van der Waals surface area contributed by atoms with Gasteiger partial charge < -0.3 is 5.32 Å². The van der Waals surface area contributed by atoms with Crippen LogP contribution in [0.1, 0.15) is 34.1 Å². The van der Waals surface area contributed by atoms with E-state index in [1.807, 2.05) is 0 Å². The monoisotopic (exact) mass is 316 g/mol. The summed E-state index contributed by atoms with van der Waals surface area (Å²) in [5, 5.41) is 7.40. The summed E-state index contributed by atoms with van der Waals surface area (Å²) in [7, 11) is -1.81. The first kappa shape index (κ1) is 18.1. The zero-order valence-corrected chi connectivity index (χ0v) is 14.5. The third kappa shape index (κ3) is 5.76. The Morgan fingerprint density at radius 1 is 1.33 bits per heavy atom. The summed E-state index contributed by atoms with van der Waals surface area (Å²) in [6, 6.07) is 0.408. The first-order chi connectivity index (χ1) is 9.73. The first-order valence-corrected chi connectivity index (χ1v) is 8.89. The van der Waals surface area contributed by atoms with Crippen LogP contribution in [0.4, 0.5) is 0 Å². The van der Waals surface area contributed by atoms with Crippen LogP contribution in [0.25, 0.3) is 0 Å². The molecule has 1 heterocycles. The molecule has 0 aliphatic carbocycles. The van der Waals surface area contributed by atoms with E-state index in [0.29, 0.717) is 25.0 Å². The van der Waals surface area contributed by atoms with E-state index < -0.39 is 10.0 Å². The third-order valence-corrected chi connectivity index (χ3v) is 5.04. The van der Waals surface area contributed by atoms with E-state index in [0.717, 1.165) is 13.0 Å². The fraction of sp³-hybridized carbons (Fsp3) is 0.786. The van der Waals surface area contributed by atoms with Gasteiger partial charge in [-0.05, 0) is 12.3 Å². The highest BCUT2D eigenvalue weighted by atomic mass is 32.2. The van der Waals surface area contributed by atoms with Gasteiger partial charge in [-0.1, -0.05) is 27.7 Å². The molecule has 0 fully saturated rings. The van der Waals surface area contributed by atoms with Gasteiger partial charge >= 0.3 is 0 Å². The number of aromatic nitrogens is 2. The third-order valence-electron chi connectivity index (χ3n) is 3.23. The van der Waals surface area contributed by atoms with Crippen LogP contribution in [0, 0.1) is 5.92 Å². The Kier molecular flexibility index (Phi) is 6.83. The molecular formula is C14H28N4O2S. The van der Waals surface area contributed by atoms with E-state index >= 15 is 0 Å². The predicted octanol–water partition coefficient (Wildman–Crippen LogP) is 1.55. The summed E-state index contributed by atoms with van der Waals surface area (Å²) in [6.45, 7) is 10.3. The van der Waals surface area contributed by atoms with Crippen LogP contribution in [0.15, 0.2) is 17.3 Å². The molecule has 0 radical (unpaired) electrons. The van der Waals surface area contributed by atoms with E-state index in [9.17, 15) is 8.42 Å². The van der Waals surface area contributed by atoms with Crippen LogP contribution in [-0.4, -0.2) is 48.7 Å².